The van der Waals surface area contributed by atoms with Crippen molar-refractivity contribution in [1.82, 2.24) is 4.57 Å². The summed E-state index contributed by atoms with van der Waals surface area (Å²) in [4.78, 5) is 0. The number of hydrogen-bond acceptors (Lipinski definition) is 2. The Morgan fingerprint density at radius 1 is 1.10 bits per heavy atom. The fraction of sp³-hybridized carbons (Fsp3) is 0.118. The molecule has 0 saturated carbocycles. The molecule has 1 heterocycles. The van der Waals surface area contributed by atoms with E-state index < -0.39 is 0 Å². The standard InChI is InChI=1S/C17H14N2O/c1-12-3-8-16-13(10-18)11-19(17(16)9-12)14-4-6-15(20-2)7-5-14/h3-9,11H,1-2H3. The summed E-state index contributed by atoms with van der Waals surface area (Å²) in [6.07, 6.45) is 1.88. The van der Waals surface area contributed by atoms with E-state index in [1.54, 1.807) is 7.11 Å². The van der Waals surface area contributed by atoms with Crippen LogP contribution in [0.3, 0.4) is 0 Å². The van der Waals surface area contributed by atoms with Gasteiger partial charge in [-0.05, 0) is 42.8 Å². The van der Waals surface area contributed by atoms with Crippen molar-refractivity contribution >= 4 is 10.9 Å². The summed E-state index contributed by atoms with van der Waals surface area (Å²) < 4.78 is 7.22. The second kappa shape index (κ2) is 4.75. The van der Waals surface area contributed by atoms with E-state index in [0.717, 1.165) is 22.3 Å². The van der Waals surface area contributed by atoms with Gasteiger partial charge >= 0.3 is 0 Å². The molecule has 0 atom stereocenters. The van der Waals surface area contributed by atoms with Crippen LogP contribution in [-0.2, 0) is 0 Å². The van der Waals surface area contributed by atoms with Gasteiger partial charge in [0.25, 0.3) is 0 Å². The highest BCUT2D eigenvalue weighted by Gasteiger charge is 2.09. The Hall–Kier alpha value is -2.73. The molecule has 0 saturated heterocycles. The predicted octanol–water partition coefficient (Wildman–Crippen LogP) is 3.82. The number of methoxy groups -OCH3 is 1. The molecule has 0 aliphatic rings. The van der Waals surface area contributed by atoms with Crippen molar-refractivity contribution in [3.63, 3.8) is 0 Å². The van der Waals surface area contributed by atoms with E-state index in [-0.39, 0.29) is 0 Å². The third-order valence-electron chi connectivity index (χ3n) is 3.43. The second-order valence-corrected chi connectivity index (χ2v) is 4.74. The zero-order valence-electron chi connectivity index (χ0n) is 11.4. The molecule has 0 unspecified atom stereocenters. The zero-order chi connectivity index (χ0) is 14.1. The van der Waals surface area contributed by atoms with Gasteiger partial charge in [-0.3, -0.25) is 0 Å². The maximum Gasteiger partial charge on any atom is 0.119 e. The van der Waals surface area contributed by atoms with Gasteiger partial charge in [0, 0.05) is 17.3 Å². The highest BCUT2D eigenvalue weighted by molar-refractivity contribution is 5.88. The summed E-state index contributed by atoms with van der Waals surface area (Å²) >= 11 is 0. The van der Waals surface area contributed by atoms with E-state index in [1.165, 1.54) is 5.56 Å². The molecule has 0 aliphatic heterocycles. The molecule has 0 fully saturated rings. The molecular weight excluding hydrogens is 248 g/mol. The number of fused-ring (bicyclic) bond motifs is 1. The van der Waals surface area contributed by atoms with Crippen molar-refractivity contribution in [2.24, 2.45) is 0 Å². The number of nitriles is 1. The van der Waals surface area contributed by atoms with Crippen LogP contribution < -0.4 is 4.74 Å². The average molecular weight is 262 g/mol. The number of benzene rings is 2. The van der Waals surface area contributed by atoms with E-state index in [9.17, 15) is 5.26 Å². The molecule has 0 bridgehead atoms. The highest BCUT2D eigenvalue weighted by Crippen LogP contribution is 2.26. The molecule has 0 N–H and O–H groups in total. The molecule has 98 valence electrons. The van der Waals surface area contributed by atoms with E-state index in [2.05, 4.69) is 19.1 Å². The van der Waals surface area contributed by atoms with Crippen molar-refractivity contribution in [3.05, 3.63) is 59.8 Å². The average Bonchev–Trinajstić information content (AvgIpc) is 2.85. The smallest absolute Gasteiger partial charge is 0.119 e. The Labute approximate surface area is 117 Å². The minimum atomic E-state index is 0.691. The number of rotatable bonds is 2. The Balaban J connectivity index is 2.24. The first-order valence-corrected chi connectivity index (χ1v) is 6.39. The summed E-state index contributed by atoms with van der Waals surface area (Å²) in [5, 5.41) is 10.2. The Morgan fingerprint density at radius 3 is 2.50 bits per heavy atom. The third kappa shape index (κ3) is 1.92. The van der Waals surface area contributed by atoms with Crippen LogP contribution in [0, 0.1) is 18.3 Å². The quantitative estimate of drug-likeness (QED) is 0.704. The molecule has 0 amide bonds. The molecule has 0 aliphatic carbocycles. The normalized spacial score (nSPS) is 10.4. The van der Waals surface area contributed by atoms with Gasteiger partial charge in [-0.1, -0.05) is 12.1 Å². The topological polar surface area (TPSA) is 38.0 Å². The van der Waals surface area contributed by atoms with Crippen molar-refractivity contribution in [3.8, 4) is 17.5 Å². The largest absolute Gasteiger partial charge is 0.497 e. The van der Waals surface area contributed by atoms with Crippen molar-refractivity contribution in [2.45, 2.75) is 6.92 Å². The molecule has 1 aromatic heterocycles. The van der Waals surface area contributed by atoms with Crippen LogP contribution in [0.25, 0.3) is 16.6 Å². The van der Waals surface area contributed by atoms with Gasteiger partial charge in [-0.25, -0.2) is 0 Å². The van der Waals surface area contributed by atoms with Gasteiger partial charge < -0.3 is 9.30 Å². The molecule has 3 rings (SSSR count). The number of nitrogens with zero attached hydrogens (tertiary/aromatic N) is 2. The van der Waals surface area contributed by atoms with Gasteiger partial charge in [0.2, 0.25) is 0 Å². The molecule has 3 aromatic rings. The molecule has 0 spiro atoms. The van der Waals surface area contributed by atoms with Crippen molar-refractivity contribution in [2.75, 3.05) is 7.11 Å². The lowest BCUT2D eigenvalue weighted by molar-refractivity contribution is 0.415. The summed E-state index contributed by atoms with van der Waals surface area (Å²) in [5.41, 5.74) is 3.93. The predicted molar refractivity (Wildman–Crippen MR) is 79.3 cm³/mol. The minimum absolute atomic E-state index is 0.691. The van der Waals surface area contributed by atoms with Gasteiger partial charge in [0.05, 0.1) is 18.2 Å². The van der Waals surface area contributed by atoms with Crippen LogP contribution in [0.15, 0.2) is 48.7 Å². The molecule has 20 heavy (non-hydrogen) atoms. The molecule has 3 heteroatoms. The first kappa shape index (κ1) is 12.3. The number of aromatic nitrogens is 1. The Bertz CT molecular complexity index is 807. The molecule has 2 aromatic carbocycles. The van der Waals surface area contributed by atoms with E-state index in [1.807, 2.05) is 47.2 Å². The zero-order valence-corrected chi connectivity index (χ0v) is 11.4. The van der Waals surface area contributed by atoms with E-state index in [4.69, 9.17) is 4.74 Å². The van der Waals surface area contributed by atoms with Crippen molar-refractivity contribution < 1.29 is 4.74 Å². The van der Waals surface area contributed by atoms with Crippen LogP contribution >= 0.6 is 0 Å². The number of aryl methyl sites for hydroxylation is 1. The minimum Gasteiger partial charge on any atom is -0.497 e. The van der Waals surface area contributed by atoms with Crippen LogP contribution in [0.2, 0.25) is 0 Å². The fourth-order valence-corrected chi connectivity index (χ4v) is 2.38. The van der Waals surface area contributed by atoms with Gasteiger partial charge in [0.1, 0.15) is 11.8 Å². The summed E-state index contributed by atoms with van der Waals surface area (Å²) in [7, 11) is 1.65. The Morgan fingerprint density at radius 2 is 1.85 bits per heavy atom. The first-order valence-electron chi connectivity index (χ1n) is 6.39. The highest BCUT2D eigenvalue weighted by atomic mass is 16.5. The molecular formula is C17H14N2O. The lowest BCUT2D eigenvalue weighted by atomic mass is 10.1. The monoisotopic (exact) mass is 262 g/mol. The van der Waals surface area contributed by atoms with Crippen LogP contribution in [0.1, 0.15) is 11.1 Å². The van der Waals surface area contributed by atoms with Gasteiger partial charge in [-0.15, -0.1) is 0 Å². The maximum absolute atomic E-state index is 9.26. The Kier molecular flexibility index (Phi) is 2.92. The van der Waals surface area contributed by atoms with E-state index in [0.29, 0.717) is 5.56 Å². The molecule has 3 nitrogen and oxygen atoms in total. The summed E-state index contributed by atoms with van der Waals surface area (Å²) in [6.45, 7) is 2.05. The van der Waals surface area contributed by atoms with Crippen molar-refractivity contribution in [1.29, 1.82) is 5.26 Å². The van der Waals surface area contributed by atoms with Crippen LogP contribution in [0.4, 0.5) is 0 Å². The lowest BCUT2D eigenvalue weighted by Crippen LogP contribution is -1.92. The second-order valence-electron chi connectivity index (χ2n) is 4.74. The first-order chi connectivity index (χ1) is 9.72. The van der Waals surface area contributed by atoms with Crippen LogP contribution in [0.5, 0.6) is 5.75 Å². The number of hydrogen-bond donors (Lipinski definition) is 0. The van der Waals surface area contributed by atoms with Crippen LogP contribution in [-0.4, -0.2) is 11.7 Å². The lowest BCUT2D eigenvalue weighted by Gasteiger charge is -2.07. The number of ether oxygens (including phenoxy) is 1. The third-order valence-corrected chi connectivity index (χ3v) is 3.43. The summed E-state index contributed by atoms with van der Waals surface area (Å²) in [5.74, 6) is 0.821. The fourth-order valence-electron chi connectivity index (χ4n) is 2.38. The van der Waals surface area contributed by atoms with Gasteiger partial charge in [-0.2, -0.15) is 5.26 Å². The molecule has 0 radical (unpaired) electrons. The maximum atomic E-state index is 9.26. The van der Waals surface area contributed by atoms with E-state index >= 15 is 0 Å². The SMILES string of the molecule is COc1ccc(-n2cc(C#N)c3ccc(C)cc32)cc1. The summed E-state index contributed by atoms with van der Waals surface area (Å²) in [6, 6.07) is 16.2. The van der Waals surface area contributed by atoms with Gasteiger partial charge in [0.15, 0.2) is 0 Å².